The van der Waals surface area contributed by atoms with Gasteiger partial charge in [-0.25, -0.2) is 0 Å². The molecule has 0 amide bonds. The summed E-state index contributed by atoms with van der Waals surface area (Å²) in [6.45, 7) is 10.6. The molecular formula is C12H18. The lowest BCUT2D eigenvalue weighted by molar-refractivity contribution is 0.822. The van der Waals surface area contributed by atoms with E-state index in [0.29, 0.717) is 0 Å². The third-order valence-corrected chi connectivity index (χ3v) is 2.67. The summed E-state index contributed by atoms with van der Waals surface area (Å²) in [5, 5.41) is 0. The molecule has 1 rings (SSSR count). The molecule has 0 unspecified atom stereocenters. The summed E-state index contributed by atoms with van der Waals surface area (Å²) in [5.74, 6) is 0. The average molecular weight is 162 g/mol. The summed E-state index contributed by atoms with van der Waals surface area (Å²) in [4.78, 5) is 0. The lowest BCUT2D eigenvalue weighted by Crippen LogP contribution is -2.00. The molecule has 0 heteroatoms. The van der Waals surface area contributed by atoms with E-state index in [-0.39, 0.29) is 0 Å². The molecule has 0 bridgehead atoms. The second-order valence-corrected chi connectivity index (χ2v) is 3.66. The van der Waals surface area contributed by atoms with E-state index < -0.39 is 0 Å². The van der Waals surface area contributed by atoms with Crippen molar-refractivity contribution in [2.75, 3.05) is 0 Å². The van der Waals surface area contributed by atoms with E-state index in [1.165, 1.54) is 29.6 Å². The molecule has 66 valence electrons. The van der Waals surface area contributed by atoms with Crippen LogP contribution in [0.4, 0.5) is 0 Å². The van der Waals surface area contributed by atoms with E-state index in [0.717, 1.165) is 6.42 Å². The molecule has 0 aromatic carbocycles. The van der Waals surface area contributed by atoms with E-state index in [9.17, 15) is 0 Å². The summed E-state index contributed by atoms with van der Waals surface area (Å²) >= 11 is 0. The molecule has 0 aromatic heterocycles. The standard InChI is InChI=1S/C12H18/c1-5-10(3)12-7-6-9(2)8-11(12)4/h5H,2,6-8H2,1,3-4H3/b10-5-. The Morgan fingerprint density at radius 2 is 2.08 bits per heavy atom. The van der Waals surface area contributed by atoms with E-state index in [2.05, 4.69) is 33.4 Å². The van der Waals surface area contributed by atoms with Gasteiger partial charge >= 0.3 is 0 Å². The highest BCUT2D eigenvalue weighted by molar-refractivity contribution is 5.37. The van der Waals surface area contributed by atoms with Crippen molar-refractivity contribution in [2.45, 2.75) is 40.0 Å². The Kier molecular flexibility index (Phi) is 2.91. The van der Waals surface area contributed by atoms with Crippen LogP contribution in [-0.4, -0.2) is 0 Å². The predicted molar refractivity (Wildman–Crippen MR) is 55.1 cm³/mol. The van der Waals surface area contributed by atoms with Gasteiger partial charge in [-0.1, -0.05) is 29.4 Å². The lowest BCUT2D eigenvalue weighted by atomic mass is 9.86. The van der Waals surface area contributed by atoms with E-state index >= 15 is 0 Å². The molecular weight excluding hydrogens is 144 g/mol. The zero-order valence-corrected chi connectivity index (χ0v) is 8.41. The van der Waals surface area contributed by atoms with Crippen molar-refractivity contribution < 1.29 is 0 Å². The molecule has 0 fully saturated rings. The largest absolute Gasteiger partial charge is 0.0995 e. The fourth-order valence-corrected chi connectivity index (χ4v) is 1.79. The molecule has 1 aliphatic carbocycles. The van der Waals surface area contributed by atoms with Gasteiger partial charge in [0.05, 0.1) is 0 Å². The maximum atomic E-state index is 4.03. The first-order chi connectivity index (χ1) is 5.65. The Bertz CT molecular complexity index is 251. The van der Waals surface area contributed by atoms with Crippen molar-refractivity contribution in [1.82, 2.24) is 0 Å². The van der Waals surface area contributed by atoms with Crippen molar-refractivity contribution in [3.8, 4) is 0 Å². The second-order valence-electron chi connectivity index (χ2n) is 3.66. The molecule has 0 spiro atoms. The molecule has 12 heavy (non-hydrogen) atoms. The van der Waals surface area contributed by atoms with Crippen molar-refractivity contribution in [1.29, 1.82) is 0 Å². The highest BCUT2D eigenvalue weighted by Crippen LogP contribution is 2.31. The van der Waals surface area contributed by atoms with Crippen LogP contribution in [0.5, 0.6) is 0 Å². The van der Waals surface area contributed by atoms with Crippen LogP contribution >= 0.6 is 0 Å². The summed E-state index contributed by atoms with van der Waals surface area (Å²) in [6, 6.07) is 0. The Morgan fingerprint density at radius 3 is 2.58 bits per heavy atom. The Labute approximate surface area is 75.7 Å². The molecule has 0 saturated heterocycles. The first kappa shape index (κ1) is 9.31. The van der Waals surface area contributed by atoms with Crippen LogP contribution in [0, 0.1) is 0 Å². The van der Waals surface area contributed by atoms with Gasteiger partial charge in [-0.3, -0.25) is 0 Å². The molecule has 0 aliphatic heterocycles. The monoisotopic (exact) mass is 162 g/mol. The van der Waals surface area contributed by atoms with Gasteiger partial charge in [0.25, 0.3) is 0 Å². The third kappa shape index (κ3) is 1.88. The predicted octanol–water partition coefficient (Wildman–Crippen LogP) is 4.01. The molecule has 0 saturated carbocycles. The molecule has 0 aromatic rings. The summed E-state index contributed by atoms with van der Waals surface area (Å²) < 4.78 is 0. The molecule has 0 N–H and O–H groups in total. The Morgan fingerprint density at radius 1 is 1.42 bits per heavy atom. The van der Waals surface area contributed by atoms with E-state index in [1.807, 2.05) is 0 Å². The maximum absolute atomic E-state index is 4.03. The van der Waals surface area contributed by atoms with Crippen molar-refractivity contribution >= 4 is 0 Å². The highest BCUT2D eigenvalue weighted by atomic mass is 14.2. The van der Waals surface area contributed by atoms with Gasteiger partial charge in [-0.05, 0) is 45.6 Å². The van der Waals surface area contributed by atoms with Crippen LogP contribution < -0.4 is 0 Å². The van der Waals surface area contributed by atoms with Crippen molar-refractivity contribution in [3.05, 3.63) is 34.9 Å². The normalized spacial score (nSPS) is 20.2. The molecule has 0 nitrogen and oxygen atoms in total. The van der Waals surface area contributed by atoms with Gasteiger partial charge < -0.3 is 0 Å². The van der Waals surface area contributed by atoms with Crippen LogP contribution in [0.2, 0.25) is 0 Å². The van der Waals surface area contributed by atoms with Crippen molar-refractivity contribution in [3.63, 3.8) is 0 Å². The lowest BCUT2D eigenvalue weighted by Gasteiger charge is -2.20. The highest BCUT2D eigenvalue weighted by Gasteiger charge is 2.11. The van der Waals surface area contributed by atoms with Crippen LogP contribution in [0.3, 0.4) is 0 Å². The van der Waals surface area contributed by atoms with Gasteiger partial charge in [0.1, 0.15) is 0 Å². The fraction of sp³-hybridized carbons (Fsp3) is 0.500. The summed E-state index contributed by atoms with van der Waals surface area (Å²) in [7, 11) is 0. The summed E-state index contributed by atoms with van der Waals surface area (Å²) in [5.41, 5.74) is 5.91. The van der Waals surface area contributed by atoms with Gasteiger partial charge in [-0.15, -0.1) is 0 Å². The molecule has 0 heterocycles. The van der Waals surface area contributed by atoms with Gasteiger partial charge in [-0.2, -0.15) is 0 Å². The smallest absolute Gasteiger partial charge is 0.0108 e. The first-order valence-electron chi connectivity index (χ1n) is 4.63. The van der Waals surface area contributed by atoms with Gasteiger partial charge in [0.15, 0.2) is 0 Å². The number of hydrogen-bond acceptors (Lipinski definition) is 0. The molecule has 0 atom stereocenters. The van der Waals surface area contributed by atoms with E-state index in [4.69, 9.17) is 0 Å². The third-order valence-electron chi connectivity index (χ3n) is 2.67. The Balaban J connectivity index is 2.89. The van der Waals surface area contributed by atoms with E-state index in [1.54, 1.807) is 5.57 Å². The van der Waals surface area contributed by atoms with Crippen molar-refractivity contribution in [2.24, 2.45) is 0 Å². The quantitative estimate of drug-likeness (QED) is 0.511. The minimum Gasteiger partial charge on any atom is -0.0995 e. The van der Waals surface area contributed by atoms with Gasteiger partial charge in [0, 0.05) is 0 Å². The molecule has 0 radical (unpaired) electrons. The Hall–Kier alpha value is -0.780. The second kappa shape index (κ2) is 3.75. The number of hydrogen-bond donors (Lipinski definition) is 0. The first-order valence-corrected chi connectivity index (χ1v) is 4.63. The summed E-state index contributed by atoms with van der Waals surface area (Å²) in [6.07, 6.45) is 5.69. The van der Waals surface area contributed by atoms with Crippen LogP contribution in [0.15, 0.2) is 34.9 Å². The maximum Gasteiger partial charge on any atom is -0.0108 e. The average Bonchev–Trinajstić information content (AvgIpc) is 2.03. The SMILES string of the molecule is C=C1CCC(/C(C)=C\C)=C(C)C1. The van der Waals surface area contributed by atoms with Crippen LogP contribution in [0.1, 0.15) is 40.0 Å². The minimum atomic E-state index is 1.11. The minimum absolute atomic E-state index is 1.11. The molecule has 1 aliphatic rings. The van der Waals surface area contributed by atoms with Crippen LogP contribution in [0.25, 0.3) is 0 Å². The zero-order valence-electron chi connectivity index (χ0n) is 8.41. The number of allylic oxidation sites excluding steroid dienone is 5. The number of rotatable bonds is 1. The van der Waals surface area contributed by atoms with Gasteiger partial charge in [0.2, 0.25) is 0 Å². The van der Waals surface area contributed by atoms with Crippen LogP contribution in [-0.2, 0) is 0 Å². The fourth-order valence-electron chi connectivity index (χ4n) is 1.79. The zero-order chi connectivity index (χ0) is 9.14. The topological polar surface area (TPSA) is 0 Å².